The van der Waals surface area contributed by atoms with Crippen molar-refractivity contribution in [3.63, 3.8) is 0 Å². The number of benzene rings is 1. The van der Waals surface area contributed by atoms with Gasteiger partial charge in [-0.25, -0.2) is 9.97 Å². The first-order valence-electron chi connectivity index (χ1n) is 8.19. The van der Waals surface area contributed by atoms with Crippen molar-refractivity contribution >= 4 is 12.4 Å². The van der Waals surface area contributed by atoms with Gasteiger partial charge in [0, 0.05) is 36.7 Å². The van der Waals surface area contributed by atoms with Crippen LogP contribution in [-0.4, -0.2) is 30.9 Å². The van der Waals surface area contributed by atoms with E-state index in [1.54, 1.807) is 12.4 Å². The molecule has 3 aromatic heterocycles. The van der Waals surface area contributed by atoms with Gasteiger partial charge in [0.2, 0.25) is 0 Å². The molecule has 0 atom stereocenters. The minimum Gasteiger partial charge on any atom is -0.444 e. The lowest BCUT2D eigenvalue weighted by Gasteiger charge is -2.13. The minimum absolute atomic E-state index is 0. The van der Waals surface area contributed by atoms with Crippen molar-refractivity contribution in [1.29, 1.82) is 0 Å². The molecule has 8 heteroatoms. The number of halogens is 1. The number of nitrogens with zero attached hydrogens (tertiary/aromatic N) is 5. The molecule has 1 aliphatic heterocycles. The fourth-order valence-electron chi connectivity index (χ4n) is 3.17. The van der Waals surface area contributed by atoms with Crippen LogP contribution in [0, 0.1) is 0 Å². The maximum Gasteiger partial charge on any atom is 0.181 e. The highest BCUT2D eigenvalue weighted by atomic mass is 35.5. The van der Waals surface area contributed by atoms with E-state index < -0.39 is 0 Å². The SMILES string of the molecule is Cl.c1cc(-c2cnco2)cc(-n2ccnc2-c2cc3n(n2)CCNC3)c1. The first-order valence-corrected chi connectivity index (χ1v) is 8.19. The standard InChI is InChI=1S/C18H16N6O.ClH/c1-2-13(17-11-20-12-25-17)8-14(3-1)23-6-5-21-18(23)16-9-15-10-19-4-7-24(15)22-16;/h1-3,5-6,8-9,11-12,19H,4,7,10H2;1H. The van der Waals surface area contributed by atoms with Gasteiger partial charge in [0.1, 0.15) is 5.69 Å². The van der Waals surface area contributed by atoms with Crippen LogP contribution in [-0.2, 0) is 13.1 Å². The summed E-state index contributed by atoms with van der Waals surface area (Å²) in [6, 6.07) is 10.2. The first-order chi connectivity index (χ1) is 12.4. The van der Waals surface area contributed by atoms with E-state index in [0.29, 0.717) is 0 Å². The predicted molar refractivity (Wildman–Crippen MR) is 99.2 cm³/mol. The average Bonchev–Trinajstić information content (AvgIpc) is 3.41. The third-order valence-electron chi connectivity index (χ3n) is 4.38. The number of hydrogen-bond donors (Lipinski definition) is 1. The Labute approximate surface area is 156 Å². The normalized spacial score (nSPS) is 13.2. The zero-order chi connectivity index (χ0) is 16.6. The Balaban J connectivity index is 0.00000168. The Hall–Kier alpha value is -2.90. The molecule has 4 heterocycles. The number of hydrogen-bond acceptors (Lipinski definition) is 5. The van der Waals surface area contributed by atoms with Gasteiger partial charge in [-0.1, -0.05) is 12.1 Å². The van der Waals surface area contributed by atoms with Gasteiger partial charge >= 0.3 is 0 Å². The molecule has 0 bridgehead atoms. The van der Waals surface area contributed by atoms with Crippen LogP contribution in [0.25, 0.3) is 28.5 Å². The molecular weight excluding hydrogens is 352 g/mol. The molecule has 0 radical (unpaired) electrons. The summed E-state index contributed by atoms with van der Waals surface area (Å²) in [4.78, 5) is 8.52. The van der Waals surface area contributed by atoms with Gasteiger partial charge in [-0.15, -0.1) is 12.4 Å². The molecule has 0 spiro atoms. The molecule has 0 fully saturated rings. The third-order valence-corrected chi connectivity index (χ3v) is 4.38. The van der Waals surface area contributed by atoms with Crippen molar-refractivity contribution in [3.05, 3.63) is 61.0 Å². The van der Waals surface area contributed by atoms with E-state index in [1.165, 1.54) is 12.1 Å². The number of fused-ring (bicyclic) bond motifs is 1. The Kier molecular flexibility index (Phi) is 4.32. The molecule has 26 heavy (non-hydrogen) atoms. The quantitative estimate of drug-likeness (QED) is 0.602. The van der Waals surface area contributed by atoms with Crippen LogP contribution in [0.1, 0.15) is 5.69 Å². The summed E-state index contributed by atoms with van der Waals surface area (Å²) in [5.41, 5.74) is 4.05. The monoisotopic (exact) mass is 368 g/mol. The Bertz CT molecular complexity index is 997. The van der Waals surface area contributed by atoms with Gasteiger partial charge < -0.3 is 9.73 Å². The maximum atomic E-state index is 5.40. The molecule has 0 aliphatic carbocycles. The van der Waals surface area contributed by atoms with E-state index in [-0.39, 0.29) is 12.4 Å². The van der Waals surface area contributed by atoms with Gasteiger partial charge in [0.05, 0.1) is 18.4 Å². The Morgan fingerprint density at radius 2 is 2.15 bits per heavy atom. The van der Waals surface area contributed by atoms with Crippen molar-refractivity contribution < 1.29 is 4.42 Å². The van der Waals surface area contributed by atoms with Crippen LogP contribution in [0.3, 0.4) is 0 Å². The smallest absolute Gasteiger partial charge is 0.181 e. The molecule has 1 aromatic carbocycles. The zero-order valence-corrected chi connectivity index (χ0v) is 14.7. The zero-order valence-electron chi connectivity index (χ0n) is 13.9. The molecule has 4 aromatic rings. The highest BCUT2D eigenvalue weighted by molar-refractivity contribution is 5.85. The second-order valence-electron chi connectivity index (χ2n) is 5.96. The summed E-state index contributed by atoms with van der Waals surface area (Å²) in [6.45, 7) is 2.67. The first kappa shape index (κ1) is 16.6. The summed E-state index contributed by atoms with van der Waals surface area (Å²) in [6.07, 6.45) is 6.90. The Morgan fingerprint density at radius 1 is 1.19 bits per heavy atom. The van der Waals surface area contributed by atoms with Crippen molar-refractivity contribution in [3.8, 4) is 28.5 Å². The number of aromatic nitrogens is 5. The molecule has 1 N–H and O–H groups in total. The topological polar surface area (TPSA) is 73.7 Å². The van der Waals surface area contributed by atoms with Crippen LogP contribution in [0.2, 0.25) is 0 Å². The van der Waals surface area contributed by atoms with E-state index in [9.17, 15) is 0 Å². The van der Waals surface area contributed by atoms with Crippen molar-refractivity contribution in [2.75, 3.05) is 6.54 Å². The summed E-state index contributed by atoms with van der Waals surface area (Å²) in [7, 11) is 0. The molecule has 7 nitrogen and oxygen atoms in total. The van der Waals surface area contributed by atoms with Crippen molar-refractivity contribution in [1.82, 2.24) is 29.6 Å². The number of nitrogens with one attached hydrogen (secondary N) is 1. The second-order valence-corrected chi connectivity index (χ2v) is 5.96. The van der Waals surface area contributed by atoms with E-state index in [1.807, 2.05) is 29.0 Å². The van der Waals surface area contributed by atoms with Crippen LogP contribution in [0.15, 0.2) is 59.7 Å². The average molecular weight is 369 g/mol. The summed E-state index contributed by atoms with van der Waals surface area (Å²) < 4.78 is 9.50. The summed E-state index contributed by atoms with van der Waals surface area (Å²) in [5, 5.41) is 8.08. The Morgan fingerprint density at radius 3 is 3.00 bits per heavy atom. The van der Waals surface area contributed by atoms with Gasteiger partial charge in [0.15, 0.2) is 18.0 Å². The van der Waals surface area contributed by atoms with Crippen LogP contribution < -0.4 is 5.32 Å². The summed E-state index contributed by atoms with van der Waals surface area (Å²) in [5.74, 6) is 1.57. The molecule has 0 saturated heterocycles. The lowest BCUT2D eigenvalue weighted by Crippen LogP contribution is -2.28. The number of imidazole rings is 1. The maximum absolute atomic E-state index is 5.40. The van der Waals surface area contributed by atoms with Gasteiger partial charge in [-0.2, -0.15) is 5.10 Å². The lowest BCUT2D eigenvalue weighted by atomic mass is 10.1. The highest BCUT2D eigenvalue weighted by Gasteiger charge is 2.17. The summed E-state index contributed by atoms with van der Waals surface area (Å²) >= 11 is 0. The molecule has 132 valence electrons. The molecular formula is C18H17ClN6O. The largest absolute Gasteiger partial charge is 0.444 e. The van der Waals surface area contributed by atoms with Gasteiger partial charge in [-0.05, 0) is 18.2 Å². The highest BCUT2D eigenvalue weighted by Crippen LogP contribution is 2.26. The van der Waals surface area contributed by atoms with Crippen molar-refractivity contribution in [2.45, 2.75) is 13.1 Å². The van der Waals surface area contributed by atoms with Gasteiger partial charge in [-0.3, -0.25) is 9.25 Å². The van der Waals surface area contributed by atoms with Crippen molar-refractivity contribution in [2.24, 2.45) is 0 Å². The lowest BCUT2D eigenvalue weighted by molar-refractivity contribution is 0.476. The van der Waals surface area contributed by atoms with Gasteiger partial charge in [0.25, 0.3) is 0 Å². The van der Waals surface area contributed by atoms with Crippen LogP contribution in [0.5, 0.6) is 0 Å². The van der Waals surface area contributed by atoms with Crippen LogP contribution >= 0.6 is 12.4 Å². The second kappa shape index (κ2) is 6.78. The molecule has 0 unspecified atom stereocenters. The minimum atomic E-state index is 0. The van der Waals surface area contributed by atoms with E-state index in [2.05, 4.69) is 32.1 Å². The molecule has 5 rings (SSSR count). The number of oxazole rings is 1. The third kappa shape index (κ3) is 2.81. The fourth-order valence-corrected chi connectivity index (χ4v) is 3.17. The van der Waals surface area contributed by atoms with Crippen LogP contribution in [0.4, 0.5) is 0 Å². The molecule has 0 amide bonds. The van der Waals surface area contributed by atoms with E-state index in [0.717, 1.165) is 48.2 Å². The molecule has 0 saturated carbocycles. The molecule has 1 aliphatic rings. The fraction of sp³-hybridized carbons (Fsp3) is 0.167. The van der Waals surface area contributed by atoms with E-state index in [4.69, 9.17) is 9.52 Å². The van der Waals surface area contributed by atoms with E-state index >= 15 is 0 Å². The number of rotatable bonds is 3. The predicted octanol–water partition coefficient (Wildman–Crippen LogP) is 2.92.